The van der Waals surface area contributed by atoms with Crippen molar-refractivity contribution in [3.8, 4) is 22.6 Å². The van der Waals surface area contributed by atoms with E-state index in [4.69, 9.17) is 0 Å². The van der Waals surface area contributed by atoms with Gasteiger partial charge in [0.2, 0.25) is 0 Å². The van der Waals surface area contributed by atoms with Gasteiger partial charge in [0.05, 0.1) is 5.41 Å². The van der Waals surface area contributed by atoms with Crippen molar-refractivity contribution >= 4 is 12.2 Å². The maximum absolute atomic E-state index is 11.8. The summed E-state index contributed by atoms with van der Waals surface area (Å²) in [6.07, 6.45) is 7.80. The Balaban J connectivity index is 2.02. The molecule has 0 radical (unpaired) electrons. The number of rotatable bonds is 4. The van der Waals surface area contributed by atoms with E-state index in [9.17, 15) is 10.2 Å². The van der Waals surface area contributed by atoms with Crippen molar-refractivity contribution in [1.82, 2.24) is 0 Å². The summed E-state index contributed by atoms with van der Waals surface area (Å²) >= 11 is 0. The van der Waals surface area contributed by atoms with E-state index in [0.29, 0.717) is 0 Å². The number of aromatic hydroxyl groups is 2. The van der Waals surface area contributed by atoms with E-state index < -0.39 is 5.41 Å². The molecule has 0 unspecified atom stereocenters. The highest BCUT2D eigenvalue weighted by Crippen LogP contribution is 2.60. The number of hydrogen-bond acceptors (Lipinski definition) is 2. The third kappa shape index (κ3) is 3.17. The molecule has 0 spiro atoms. The summed E-state index contributed by atoms with van der Waals surface area (Å²) in [5.74, 6) is 0.476. The zero-order valence-electron chi connectivity index (χ0n) is 20.6. The van der Waals surface area contributed by atoms with E-state index >= 15 is 0 Å². The number of fused-ring (bicyclic) bond motifs is 3. The van der Waals surface area contributed by atoms with Crippen molar-refractivity contribution in [2.75, 3.05) is 0 Å². The third-order valence-electron chi connectivity index (χ3n) is 7.30. The summed E-state index contributed by atoms with van der Waals surface area (Å²) in [4.78, 5) is 0. The molecule has 0 heterocycles. The maximum atomic E-state index is 11.8. The summed E-state index contributed by atoms with van der Waals surface area (Å²) in [7, 11) is 0. The number of allylic oxidation sites excluding steroid dienone is 2. The van der Waals surface area contributed by atoms with Gasteiger partial charge in [-0.3, -0.25) is 0 Å². The number of hydrogen-bond donors (Lipinski definition) is 2. The van der Waals surface area contributed by atoms with Gasteiger partial charge in [0.25, 0.3) is 0 Å². The molecule has 0 saturated carbocycles. The Morgan fingerprint density at radius 3 is 1.34 bits per heavy atom. The van der Waals surface area contributed by atoms with Crippen LogP contribution in [0.25, 0.3) is 23.3 Å². The van der Waals surface area contributed by atoms with Crippen LogP contribution in [0.3, 0.4) is 0 Å². The smallest absolute Gasteiger partial charge is 0.127 e. The molecule has 2 nitrogen and oxygen atoms in total. The summed E-state index contributed by atoms with van der Waals surface area (Å²) in [6, 6.07) is 24.8. The predicted molar refractivity (Wildman–Crippen MR) is 146 cm³/mol. The zero-order valence-corrected chi connectivity index (χ0v) is 20.6. The van der Waals surface area contributed by atoms with Gasteiger partial charge >= 0.3 is 0 Å². The minimum Gasteiger partial charge on any atom is -0.507 e. The van der Waals surface area contributed by atoms with Gasteiger partial charge in [-0.05, 0) is 61.1 Å². The molecule has 2 heteroatoms. The highest BCUT2D eigenvalue weighted by atomic mass is 16.3. The fourth-order valence-corrected chi connectivity index (χ4v) is 5.74. The standard InChI is InChI=1S/C33H30O2/c1-5-11-23-21(3)17-19-29(31(23)34)33(30-20-18-22(4)24(12-6-2)32(30)35)27-15-9-7-13-25(27)26-14-8-10-16-28(26)33/h5-20,34-35H,1-4H3. The van der Waals surface area contributed by atoms with Crippen molar-refractivity contribution in [2.45, 2.75) is 33.1 Å². The molecular formula is C33H30O2. The fraction of sp³-hybridized carbons (Fsp3) is 0.152. The lowest BCUT2D eigenvalue weighted by molar-refractivity contribution is 0.446. The first-order valence-corrected chi connectivity index (χ1v) is 12.1. The van der Waals surface area contributed by atoms with E-state index in [0.717, 1.165) is 55.6 Å². The normalized spacial score (nSPS) is 13.9. The molecule has 4 aromatic carbocycles. The summed E-state index contributed by atoms with van der Waals surface area (Å²) in [5.41, 5.74) is 8.58. The van der Waals surface area contributed by atoms with Gasteiger partial charge in [0, 0.05) is 22.3 Å². The Morgan fingerprint density at radius 2 is 0.943 bits per heavy atom. The minimum absolute atomic E-state index is 0.238. The average molecular weight is 459 g/mol. The van der Waals surface area contributed by atoms with Crippen LogP contribution in [-0.2, 0) is 5.41 Å². The van der Waals surface area contributed by atoms with E-state index in [1.54, 1.807) is 0 Å². The molecule has 2 N–H and O–H groups in total. The first kappa shape index (κ1) is 22.7. The average Bonchev–Trinajstić information content (AvgIpc) is 3.16. The Labute approximate surface area is 207 Å². The highest BCUT2D eigenvalue weighted by Gasteiger charge is 2.49. The van der Waals surface area contributed by atoms with Crippen LogP contribution in [0.1, 0.15) is 58.4 Å². The molecule has 0 atom stereocenters. The van der Waals surface area contributed by atoms with Gasteiger partial charge in [-0.2, -0.15) is 0 Å². The third-order valence-corrected chi connectivity index (χ3v) is 7.30. The molecular weight excluding hydrogens is 428 g/mol. The molecule has 0 aromatic heterocycles. The first-order chi connectivity index (χ1) is 17.0. The van der Waals surface area contributed by atoms with E-state index in [-0.39, 0.29) is 11.5 Å². The second kappa shape index (κ2) is 8.63. The monoisotopic (exact) mass is 458 g/mol. The molecule has 0 bridgehead atoms. The quantitative estimate of drug-likeness (QED) is 0.285. The number of phenolic OH excluding ortho intramolecular Hbond substituents is 2. The van der Waals surface area contributed by atoms with Crippen molar-refractivity contribution in [3.05, 3.63) is 129 Å². The molecule has 1 aliphatic rings. The first-order valence-electron chi connectivity index (χ1n) is 12.1. The summed E-state index contributed by atoms with van der Waals surface area (Å²) in [5, 5.41) is 23.6. The molecule has 0 amide bonds. The maximum Gasteiger partial charge on any atom is 0.127 e. The van der Waals surface area contributed by atoms with Crippen LogP contribution in [0.15, 0.2) is 84.9 Å². The van der Waals surface area contributed by atoms with Crippen LogP contribution in [-0.4, -0.2) is 10.2 Å². The second-order valence-electron chi connectivity index (χ2n) is 9.23. The lowest BCUT2D eigenvalue weighted by atomic mass is 9.66. The van der Waals surface area contributed by atoms with Crippen molar-refractivity contribution in [3.63, 3.8) is 0 Å². The molecule has 0 aliphatic heterocycles. The zero-order chi connectivity index (χ0) is 24.7. The van der Waals surface area contributed by atoms with E-state index in [1.165, 1.54) is 0 Å². The predicted octanol–water partition coefficient (Wildman–Crippen LogP) is 8.14. The molecule has 0 saturated heterocycles. The van der Waals surface area contributed by atoms with Crippen molar-refractivity contribution < 1.29 is 10.2 Å². The Morgan fingerprint density at radius 1 is 0.543 bits per heavy atom. The molecule has 5 rings (SSSR count). The van der Waals surface area contributed by atoms with Crippen LogP contribution in [0.2, 0.25) is 0 Å². The SMILES string of the molecule is CC=Cc1c(C)ccc(C2(c3ccc(C)c(C=CC)c3O)c3ccccc3-c3ccccc32)c1O. The minimum atomic E-state index is -0.880. The summed E-state index contributed by atoms with van der Waals surface area (Å²) in [6.45, 7) is 7.93. The van der Waals surface area contributed by atoms with Gasteiger partial charge in [-0.15, -0.1) is 0 Å². The van der Waals surface area contributed by atoms with Crippen molar-refractivity contribution in [1.29, 1.82) is 0 Å². The molecule has 174 valence electrons. The topological polar surface area (TPSA) is 40.5 Å². The van der Waals surface area contributed by atoms with Gasteiger partial charge < -0.3 is 10.2 Å². The van der Waals surface area contributed by atoms with Crippen LogP contribution >= 0.6 is 0 Å². The van der Waals surface area contributed by atoms with Gasteiger partial charge in [-0.25, -0.2) is 0 Å². The number of phenols is 2. The molecule has 4 aromatic rings. The molecule has 0 fully saturated rings. The molecule has 1 aliphatic carbocycles. The van der Waals surface area contributed by atoms with Crippen LogP contribution in [0.4, 0.5) is 0 Å². The van der Waals surface area contributed by atoms with E-state index in [2.05, 4.69) is 36.4 Å². The largest absolute Gasteiger partial charge is 0.507 e. The number of benzene rings is 4. The molecule has 35 heavy (non-hydrogen) atoms. The fourth-order valence-electron chi connectivity index (χ4n) is 5.74. The van der Waals surface area contributed by atoms with Crippen LogP contribution < -0.4 is 0 Å². The van der Waals surface area contributed by atoms with Crippen LogP contribution in [0, 0.1) is 13.8 Å². The van der Waals surface area contributed by atoms with Gasteiger partial charge in [-0.1, -0.05) is 97.1 Å². The highest BCUT2D eigenvalue weighted by molar-refractivity contribution is 5.88. The van der Waals surface area contributed by atoms with E-state index in [1.807, 2.05) is 88.4 Å². The summed E-state index contributed by atoms with van der Waals surface area (Å²) < 4.78 is 0. The second-order valence-corrected chi connectivity index (χ2v) is 9.23. The lowest BCUT2D eigenvalue weighted by Gasteiger charge is -2.35. The van der Waals surface area contributed by atoms with Crippen molar-refractivity contribution in [2.24, 2.45) is 0 Å². The Kier molecular flexibility index (Phi) is 5.61. The lowest BCUT2D eigenvalue weighted by Crippen LogP contribution is -2.29. The Hall–Kier alpha value is -4.04. The van der Waals surface area contributed by atoms with Gasteiger partial charge in [0.15, 0.2) is 0 Å². The van der Waals surface area contributed by atoms with Crippen LogP contribution in [0.5, 0.6) is 11.5 Å². The Bertz CT molecular complexity index is 1390. The van der Waals surface area contributed by atoms with Gasteiger partial charge in [0.1, 0.15) is 11.5 Å². The number of aryl methyl sites for hydroxylation is 2.